The second-order valence-electron chi connectivity index (χ2n) is 21.1. The first-order valence-electron chi connectivity index (χ1n) is 23.9. The van der Waals surface area contributed by atoms with Crippen LogP contribution in [0.25, 0.3) is 0 Å². The Morgan fingerprint density at radius 3 is 1.22 bits per heavy atom. The van der Waals surface area contributed by atoms with E-state index < -0.39 is 0 Å². The minimum atomic E-state index is -0.351. The van der Waals surface area contributed by atoms with Crippen molar-refractivity contribution < 1.29 is 24.2 Å². The summed E-state index contributed by atoms with van der Waals surface area (Å²) in [5.74, 6) is 5.57. The quantitative estimate of drug-likeness (QED) is 0.215. The molecule has 5 fully saturated rings. The topological polar surface area (TPSA) is 72.8 Å². The molecule has 5 aliphatic carbocycles. The van der Waals surface area contributed by atoms with E-state index in [9.17, 15) is 9.59 Å². The molecular weight excluding hydrogens is 825 g/mol. The summed E-state index contributed by atoms with van der Waals surface area (Å²) >= 11 is 0. The van der Waals surface area contributed by atoms with E-state index in [1.807, 2.05) is 46.8 Å². The van der Waals surface area contributed by atoms with Crippen molar-refractivity contribution in [2.75, 3.05) is 0 Å². The molecule has 0 saturated heterocycles. The van der Waals surface area contributed by atoms with Gasteiger partial charge < -0.3 is 14.6 Å². The Morgan fingerprint density at radius 2 is 0.910 bits per heavy atom. The van der Waals surface area contributed by atoms with Gasteiger partial charge in [0.1, 0.15) is 17.0 Å². The fourth-order valence-corrected chi connectivity index (χ4v) is 10.00. The maximum absolute atomic E-state index is 12.8. The Labute approximate surface area is 421 Å². The van der Waals surface area contributed by atoms with Crippen molar-refractivity contribution in [3.8, 4) is 5.75 Å². The van der Waals surface area contributed by atoms with Crippen molar-refractivity contribution >= 4 is 11.9 Å². The molecule has 398 valence electrons. The van der Waals surface area contributed by atoms with Crippen LogP contribution in [0.1, 0.15) is 268 Å². The third kappa shape index (κ3) is 19.5. The van der Waals surface area contributed by atoms with Crippen LogP contribution in [0.15, 0.2) is 48.5 Å². The van der Waals surface area contributed by atoms with Gasteiger partial charge in [0.05, 0.1) is 10.8 Å². The molecule has 1 N–H and O–H groups in total. The molecule has 5 heteroatoms. The number of ether oxygens (including phenoxy) is 2. The second kappa shape index (κ2) is 32.9. The van der Waals surface area contributed by atoms with Gasteiger partial charge in [0, 0.05) is 0 Å². The predicted molar refractivity (Wildman–Crippen MR) is 302 cm³/mol. The molecule has 2 unspecified atom stereocenters. The fourth-order valence-electron chi connectivity index (χ4n) is 10.00. The van der Waals surface area contributed by atoms with E-state index >= 15 is 0 Å². The Hall–Kier alpha value is -2.82. The lowest BCUT2D eigenvalue weighted by molar-refractivity contribution is -0.231. The van der Waals surface area contributed by atoms with Gasteiger partial charge >= 0.3 is 11.9 Å². The number of rotatable bonds is 12. The first-order chi connectivity index (χ1) is 27.6. The highest BCUT2D eigenvalue weighted by Gasteiger charge is 2.61. The molecule has 2 atom stereocenters. The third-order valence-electron chi connectivity index (χ3n) is 15.6. The van der Waals surface area contributed by atoms with E-state index in [0.717, 1.165) is 43.9 Å². The molecule has 67 heavy (non-hydrogen) atoms. The van der Waals surface area contributed by atoms with Crippen LogP contribution < -0.4 is 0 Å². The molecule has 4 bridgehead atoms. The van der Waals surface area contributed by atoms with Gasteiger partial charge in [-0.1, -0.05) is 171 Å². The molecule has 0 spiro atoms. The zero-order chi connectivity index (χ0) is 44.3. The van der Waals surface area contributed by atoms with Crippen LogP contribution >= 0.6 is 0 Å². The summed E-state index contributed by atoms with van der Waals surface area (Å²) in [7, 11) is 0. The summed E-state index contributed by atoms with van der Waals surface area (Å²) in [6, 6.07) is 16.2. The van der Waals surface area contributed by atoms with Gasteiger partial charge in [-0.25, -0.2) is 0 Å². The van der Waals surface area contributed by atoms with Crippen molar-refractivity contribution in [3.63, 3.8) is 0 Å². The van der Waals surface area contributed by atoms with Crippen LogP contribution in [0, 0.1) is 53.3 Å². The predicted octanol–water partition coefficient (Wildman–Crippen LogP) is 20.3. The Balaban J connectivity index is -0.000000184. The highest BCUT2D eigenvalue weighted by atomic mass is 16.6. The number of hydrogen-bond donors (Lipinski definition) is 1. The number of hydrogen-bond acceptors (Lipinski definition) is 5. The minimum absolute atomic E-state index is 0. The third-order valence-corrected chi connectivity index (χ3v) is 15.6. The number of aromatic hydroxyl groups is 1. The van der Waals surface area contributed by atoms with Gasteiger partial charge in [0.2, 0.25) is 0 Å². The summed E-state index contributed by atoms with van der Waals surface area (Å²) in [4.78, 5) is 24.9. The fraction of sp³-hybridized carbons (Fsp3) is 0.774. The number of phenolic OH excluding ortho intramolecular Hbond substituents is 1. The van der Waals surface area contributed by atoms with Crippen molar-refractivity contribution in [2.45, 2.75) is 270 Å². The van der Waals surface area contributed by atoms with E-state index in [4.69, 9.17) is 14.6 Å². The monoisotopic (exact) mass is 945 g/mol. The van der Waals surface area contributed by atoms with Crippen molar-refractivity contribution in [2.24, 2.45) is 46.3 Å². The summed E-state index contributed by atoms with van der Waals surface area (Å²) in [5, 5.41) is 9.01. The van der Waals surface area contributed by atoms with Crippen molar-refractivity contribution in [1.29, 1.82) is 0 Å². The number of carbonyl (C=O) groups excluding carboxylic acids is 2. The molecule has 7 rings (SSSR count). The van der Waals surface area contributed by atoms with E-state index in [1.54, 1.807) is 12.1 Å². The lowest BCUT2D eigenvalue weighted by Gasteiger charge is -2.62. The highest BCUT2D eigenvalue weighted by molar-refractivity contribution is 5.77. The molecule has 2 aromatic carbocycles. The average Bonchev–Trinajstić information content (AvgIpc) is 3.69. The van der Waals surface area contributed by atoms with Crippen LogP contribution in [0.4, 0.5) is 0 Å². The summed E-state index contributed by atoms with van der Waals surface area (Å²) in [5.41, 5.74) is 3.06. The molecule has 0 heterocycles. The van der Waals surface area contributed by atoms with E-state index in [2.05, 4.69) is 93.5 Å². The van der Waals surface area contributed by atoms with E-state index in [0.29, 0.717) is 41.3 Å². The molecule has 0 aromatic heterocycles. The van der Waals surface area contributed by atoms with Crippen LogP contribution in [0.2, 0.25) is 0 Å². The minimum Gasteiger partial charge on any atom is -0.508 e. The Kier molecular flexibility index (Phi) is 37.2. The van der Waals surface area contributed by atoms with Gasteiger partial charge in [0.15, 0.2) is 0 Å². The smallest absolute Gasteiger partial charge is 0.312 e. The largest absolute Gasteiger partial charge is 0.508 e. The number of aryl methyl sites for hydroxylation is 1. The zero-order valence-electron chi connectivity index (χ0n) is 40.5. The summed E-state index contributed by atoms with van der Waals surface area (Å²) in [6.07, 6.45) is 15.1. The van der Waals surface area contributed by atoms with Crippen LogP contribution in [0.3, 0.4) is 0 Å². The lowest BCUT2D eigenvalue weighted by atomic mass is 9.47. The Morgan fingerprint density at radius 1 is 0.567 bits per heavy atom. The first-order valence-corrected chi connectivity index (χ1v) is 23.9. The average molecular weight is 946 g/mol. The zero-order valence-corrected chi connectivity index (χ0v) is 40.5. The summed E-state index contributed by atoms with van der Waals surface area (Å²) < 4.78 is 12.3. The molecule has 0 radical (unpaired) electrons. The molecule has 5 saturated carbocycles. The van der Waals surface area contributed by atoms with Gasteiger partial charge in [-0.3, -0.25) is 9.59 Å². The van der Waals surface area contributed by atoms with Gasteiger partial charge in [0.25, 0.3) is 0 Å². The highest BCUT2D eigenvalue weighted by Crippen LogP contribution is 2.62. The standard InChI is InChI=1S/C19H32O2.C14H26O2.C11H16.C10H14O.8CH4/c1-6-18(4,5)17(20)21-19(12(2)3)15-8-13-7-14(10-15)11-16(19)9-13;1-6-13(4,5)12(15)16-14(11(2)3)9-7-8-10-14;1-4-10(3)11-7-5-9(2)6-8-11;1-3-8(2)9-4-6-10(11)7-5-9;;;;;;;;/h12-16H,6-11H2,1-5H3;11H,6-10H2,1-5H3;5-8,10H,4H2,1-3H3;4-8,11H,3H2,1-2H3;8*1H4. The van der Waals surface area contributed by atoms with Crippen molar-refractivity contribution in [3.05, 3.63) is 65.2 Å². The molecule has 0 amide bonds. The normalized spacial score (nSPS) is 22.1. The molecule has 5 aliphatic rings. The maximum Gasteiger partial charge on any atom is 0.312 e. The number of esters is 2. The number of carbonyl (C=O) groups is 2. The lowest BCUT2D eigenvalue weighted by Crippen LogP contribution is -2.63. The molecule has 0 aliphatic heterocycles. The maximum atomic E-state index is 12.8. The molecule has 5 nitrogen and oxygen atoms in total. The van der Waals surface area contributed by atoms with Crippen molar-refractivity contribution in [1.82, 2.24) is 0 Å². The van der Waals surface area contributed by atoms with Gasteiger partial charge in [-0.05, 0) is 189 Å². The van der Waals surface area contributed by atoms with Gasteiger partial charge in [-0.2, -0.15) is 0 Å². The van der Waals surface area contributed by atoms with E-state index in [1.165, 1.54) is 68.1 Å². The number of benzene rings is 2. The van der Waals surface area contributed by atoms with Crippen LogP contribution in [-0.4, -0.2) is 28.2 Å². The Bertz CT molecular complexity index is 1480. The first kappa shape index (κ1) is 75.7. The van der Waals surface area contributed by atoms with Crippen LogP contribution in [-0.2, 0) is 19.1 Å². The number of phenols is 1. The second-order valence-corrected chi connectivity index (χ2v) is 21.1. The van der Waals surface area contributed by atoms with Crippen LogP contribution in [0.5, 0.6) is 5.75 Å². The van der Waals surface area contributed by atoms with E-state index in [-0.39, 0.29) is 93.4 Å². The summed E-state index contributed by atoms with van der Waals surface area (Å²) in [6.45, 7) is 32.0. The van der Waals surface area contributed by atoms with Gasteiger partial charge in [-0.15, -0.1) is 0 Å². The molecule has 2 aromatic rings. The SMILES string of the molecule is C.C.C.C.C.C.C.C.CCC(C)(C)C(=O)OC1(C(C)C)C2CC3CC(C2)CC1C3.CCC(C)(C)C(=O)OC1(C(C)C)CCCC1.CCC(C)c1ccc(C)cc1.CCC(C)c1ccc(O)cc1. The molecular formula is C62H120O5.